The number of nitrogens with one attached hydrogen (secondary N) is 1. The summed E-state index contributed by atoms with van der Waals surface area (Å²) < 4.78 is 19.1. The molecule has 2 aliphatic heterocycles. The molecule has 4 heterocycles. The first-order valence-corrected chi connectivity index (χ1v) is 14.0. The highest BCUT2D eigenvalue weighted by Gasteiger charge is 2.25. The standard InChI is InChI=1S/C30H29N3O5S/c1-2-5-19(20-6-3-4-7-21(20)30(31)35)22-14-18(15-25-27(22)37-13-12-36-25)23-17-39-29-24(34)16-26(38-28(23)29)33-10-8-32-9-11-33/h3-7,14-17,32H,2,8-13H2,1H3,(H2,31,35)/b19-5-. The Morgan fingerprint density at radius 2 is 1.85 bits per heavy atom. The number of fused-ring (bicyclic) bond motifs is 2. The van der Waals surface area contributed by atoms with Crippen LogP contribution in [0.25, 0.3) is 27.0 Å². The smallest absolute Gasteiger partial charge is 0.249 e. The molecule has 1 saturated heterocycles. The maximum Gasteiger partial charge on any atom is 0.249 e. The van der Waals surface area contributed by atoms with Crippen LogP contribution in [0.2, 0.25) is 0 Å². The minimum atomic E-state index is -0.499. The van der Waals surface area contributed by atoms with Crippen LogP contribution < -0.4 is 30.9 Å². The highest BCUT2D eigenvalue weighted by atomic mass is 32.1. The molecule has 8 nitrogen and oxygen atoms in total. The first-order chi connectivity index (χ1) is 19.0. The molecule has 1 fully saturated rings. The number of allylic oxidation sites excluding steroid dienone is 1. The predicted octanol–water partition coefficient (Wildman–Crippen LogP) is 4.64. The van der Waals surface area contributed by atoms with E-state index in [2.05, 4.69) is 16.3 Å². The van der Waals surface area contributed by atoms with Crippen LogP contribution in [0.4, 0.5) is 5.88 Å². The molecule has 0 spiro atoms. The quantitative estimate of drug-likeness (QED) is 0.365. The molecular formula is C30H29N3O5S. The van der Waals surface area contributed by atoms with E-state index in [0.29, 0.717) is 46.4 Å². The molecule has 2 aromatic heterocycles. The fraction of sp³-hybridized carbons (Fsp3) is 0.267. The fourth-order valence-electron chi connectivity index (χ4n) is 5.18. The molecule has 1 amide bonds. The molecule has 0 radical (unpaired) electrons. The highest BCUT2D eigenvalue weighted by molar-refractivity contribution is 7.17. The second-order valence-corrected chi connectivity index (χ2v) is 10.4. The minimum Gasteiger partial charge on any atom is -0.486 e. The number of carbonyl (C=O) groups excluding carboxylic acids is 1. The van der Waals surface area contributed by atoms with Gasteiger partial charge in [-0.2, -0.15) is 0 Å². The van der Waals surface area contributed by atoms with Crippen molar-refractivity contribution in [3.05, 3.63) is 80.8 Å². The summed E-state index contributed by atoms with van der Waals surface area (Å²) in [6.45, 7) is 6.10. The summed E-state index contributed by atoms with van der Waals surface area (Å²) in [6, 6.07) is 12.8. The van der Waals surface area contributed by atoms with Gasteiger partial charge in [0.05, 0.1) is 0 Å². The van der Waals surface area contributed by atoms with Gasteiger partial charge in [0, 0.05) is 54.3 Å². The average molecular weight is 544 g/mol. The van der Waals surface area contributed by atoms with Gasteiger partial charge in [-0.3, -0.25) is 9.59 Å². The van der Waals surface area contributed by atoms with E-state index in [1.54, 1.807) is 18.2 Å². The van der Waals surface area contributed by atoms with Crippen molar-refractivity contribution < 1.29 is 18.7 Å². The largest absolute Gasteiger partial charge is 0.486 e. The van der Waals surface area contributed by atoms with Crippen LogP contribution in [0.15, 0.2) is 63.1 Å². The van der Waals surface area contributed by atoms with E-state index in [0.717, 1.165) is 60.4 Å². The monoisotopic (exact) mass is 543 g/mol. The number of piperazine rings is 1. The molecule has 200 valence electrons. The van der Waals surface area contributed by atoms with E-state index in [1.165, 1.54) is 11.3 Å². The Kier molecular flexibility index (Phi) is 6.85. The Bertz CT molecular complexity index is 1650. The maximum atomic E-state index is 13.1. The fourth-order valence-corrected chi connectivity index (χ4v) is 6.09. The average Bonchev–Trinajstić information content (AvgIpc) is 3.41. The number of hydrogen-bond donors (Lipinski definition) is 2. The lowest BCUT2D eigenvalue weighted by Gasteiger charge is -2.27. The third-order valence-corrected chi connectivity index (χ3v) is 7.97. The van der Waals surface area contributed by atoms with Gasteiger partial charge in [-0.1, -0.05) is 31.2 Å². The van der Waals surface area contributed by atoms with Crippen molar-refractivity contribution in [1.29, 1.82) is 0 Å². The van der Waals surface area contributed by atoms with E-state index < -0.39 is 5.91 Å². The van der Waals surface area contributed by atoms with Gasteiger partial charge in [0.25, 0.3) is 0 Å². The summed E-state index contributed by atoms with van der Waals surface area (Å²) >= 11 is 1.37. The van der Waals surface area contributed by atoms with Crippen LogP contribution >= 0.6 is 11.3 Å². The van der Waals surface area contributed by atoms with Gasteiger partial charge in [-0.25, -0.2) is 0 Å². The van der Waals surface area contributed by atoms with Crippen LogP contribution in [-0.2, 0) is 0 Å². The summed E-state index contributed by atoms with van der Waals surface area (Å²) in [5.41, 5.74) is 10.7. The number of nitrogens with two attached hydrogens (primary N) is 1. The minimum absolute atomic E-state index is 0.0549. The number of thiophene rings is 1. The third kappa shape index (κ3) is 4.68. The number of primary amides is 1. The first-order valence-electron chi connectivity index (χ1n) is 13.1. The predicted molar refractivity (Wildman–Crippen MR) is 154 cm³/mol. The molecular weight excluding hydrogens is 514 g/mol. The number of nitrogens with zero attached hydrogens (tertiary/aromatic N) is 1. The zero-order valence-electron chi connectivity index (χ0n) is 21.6. The van der Waals surface area contributed by atoms with Crippen molar-refractivity contribution in [2.24, 2.45) is 5.73 Å². The summed E-state index contributed by atoms with van der Waals surface area (Å²) in [7, 11) is 0. The number of carbonyl (C=O) groups is 1. The zero-order valence-corrected chi connectivity index (χ0v) is 22.4. The second kappa shape index (κ2) is 10.6. The summed E-state index contributed by atoms with van der Waals surface area (Å²) in [6.07, 6.45) is 2.79. The van der Waals surface area contributed by atoms with E-state index in [1.807, 2.05) is 36.6 Å². The van der Waals surface area contributed by atoms with Crippen molar-refractivity contribution in [3.63, 3.8) is 0 Å². The molecule has 0 bridgehead atoms. The van der Waals surface area contributed by atoms with Gasteiger partial charge < -0.3 is 29.8 Å². The lowest BCUT2D eigenvalue weighted by molar-refractivity contribution is 0.1000. The van der Waals surface area contributed by atoms with Gasteiger partial charge in [-0.05, 0) is 41.3 Å². The summed E-state index contributed by atoms with van der Waals surface area (Å²) in [4.78, 5) is 27.5. The topological polar surface area (TPSA) is 107 Å². The van der Waals surface area contributed by atoms with Crippen LogP contribution in [0.5, 0.6) is 11.5 Å². The molecule has 2 aliphatic rings. The highest BCUT2D eigenvalue weighted by Crippen LogP contribution is 2.45. The van der Waals surface area contributed by atoms with Crippen molar-refractivity contribution in [3.8, 4) is 22.6 Å². The third-order valence-electron chi connectivity index (χ3n) is 6.99. The van der Waals surface area contributed by atoms with Crippen molar-refractivity contribution in [2.75, 3.05) is 44.3 Å². The molecule has 39 heavy (non-hydrogen) atoms. The molecule has 0 saturated carbocycles. The Labute approximate surface area is 229 Å². The van der Waals surface area contributed by atoms with Gasteiger partial charge >= 0.3 is 0 Å². The summed E-state index contributed by atoms with van der Waals surface area (Å²) in [5, 5.41) is 5.28. The van der Waals surface area contributed by atoms with E-state index >= 15 is 0 Å². The van der Waals surface area contributed by atoms with Crippen LogP contribution in [0.1, 0.15) is 34.8 Å². The SMILES string of the molecule is CC/C=C(/c1ccccc1C(N)=O)c1cc(-c2csc3c(=O)cc(N4CCNCC4)oc23)cc2c1OCCO2. The number of benzene rings is 2. The second-order valence-electron chi connectivity index (χ2n) is 9.48. The van der Waals surface area contributed by atoms with Crippen LogP contribution in [0.3, 0.4) is 0 Å². The lowest BCUT2D eigenvalue weighted by atomic mass is 9.90. The van der Waals surface area contributed by atoms with Crippen LogP contribution in [-0.4, -0.2) is 45.3 Å². The maximum absolute atomic E-state index is 13.1. The molecule has 4 aromatic rings. The molecule has 0 aliphatic carbocycles. The molecule has 0 atom stereocenters. The molecule has 3 N–H and O–H groups in total. The Hall–Kier alpha value is -4.08. The van der Waals surface area contributed by atoms with E-state index in [9.17, 15) is 9.59 Å². The van der Waals surface area contributed by atoms with E-state index in [4.69, 9.17) is 19.6 Å². The van der Waals surface area contributed by atoms with Gasteiger partial charge in [0.2, 0.25) is 11.3 Å². The molecule has 0 unspecified atom stereocenters. The van der Waals surface area contributed by atoms with E-state index in [-0.39, 0.29) is 5.43 Å². The Morgan fingerprint density at radius 1 is 1.08 bits per heavy atom. The molecule has 2 aromatic carbocycles. The summed E-state index contributed by atoms with van der Waals surface area (Å²) in [5.74, 6) is 1.30. The van der Waals surface area contributed by atoms with Gasteiger partial charge in [-0.15, -0.1) is 11.3 Å². The number of ether oxygens (including phenoxy) is 2. The lowest BCUT2D eigenvalue weighted by Crippen LogP contribution is -2.43. The van der Waals surface area contributed by atoms with Gasteiger partial charge in [0.15, 0.2) is 23.0 Å². The van der Waals surface area contributed by atoms with Crippen LogP contribution in [0, 0.1) is 0 Å². The normalized spacial score (nSPS) is 15.5. The van der Waals surface area contributed by atoms with Crippen molar-refractivity contribution in [2.45, 2.75) is 13.3 Å². The number of rotatable bonds is 6. The van der Waals surface area contributed by atoms with Crippen molar-refractivity contribution in [1.82, 2.24) is 5.32 Å². The zero-order chi connectivity index (χ0) is 26.9. The number of anilines is 1. The Balaban J connectivity index is 1.55. The number of hydrogen-bond acceptors (Lipinski definition) is 8. The Morgan fingerprint density at radius 3 is 2.62 bits per heavy atom. The molecule has 6 rings (SSSR count). The van der Waals surface area contributed by atoms with Crippen molar-refractivity contribution >= 4 is 39.0 Å². The number of amides is 1. The van der Waals surface area contributed by atoms with Gasteiger partial charge in [0.1, 0.15) is 17.9 Å². The first kappa shape index (κ1) is 25.2. The molecule has 9 heteroatoms.